The first-order chi connectivity index (χ1) is 7.93. The fraction of sp³-hybridized carbons (Fsp3) is 0.385. The minimum atomic E-state index is -0.898. The maximum absolute atomic E-state index is 12.1. The molecule has 0 spiro atoms. The summed E-state index contributed by atoms with van der Waals surface area (Å²) in [5.41, 5.74) is 2.64. The maximum atomic E-state index is 12.1. The van der Waals surface area contributed by atoms with Gasteiger partial charge in [-0.3, -0.25) is 9.59 Å². The number of hydrogen-bond donors (Lipinski definition) is 1. The zero-order valence-electron chi connectivity index (χ0n) is 10.4. The molecule has 4 nitrogen and oxygen atoms in total. The lowest BCUT2D eigenvalue weighted by Crippen LogP contribution is -2.29. The van der Waals surface area contributed by atoms with Gasteiger partial charge in [-0.25, -0.2) is 0 Å². The molecule has 1 N–H and O–H groups in total. The SMILES string of the molecule is Cc1cccc(C(=O)N(C)CCC(=O)O)c1C. The van der Waals surface area contributed by atoms with Crippen molar-refractivity contribution < 1.29 is 14.7 Å². The van der Waals surface area contributed by atoms with Gasteiger partial charge in [0.15, 0.2) is 0 Å². The number of carboxylic acid groups (broad SMARTS) is 1. The summed E-state index contributed by atoms with van der Waals surface area (Å²) in [6, 6.07) is 5.55. The van der Waals surface area contributed by atoms with Crippen LogP contribution < -0.4 is 0 Å². The minimum absolute atomic E-state index is 0.0346. The lowest BCUT2D eigenvalue weighted by molar-refractivity contribution is -0.137. The largest absolute Gasteiger partial charge is 0.481 e. The van der Waals surface area contributed by atoms with Crippen LogP contribution in [-0.4, -0.2) is 35.5 Å². The third-order valence-electron chi connectivity index (χ3n) is 2.84. The van der Waals surface area contributed by atoms with Crippen LogP contribution in [0.15, 0.2) is 18.2 Å². The highest BCUT2D eigenvalue weighted by molar-refractivity contribution is 5.95. The molecule has 1 rings (SSSR count). The van der Waals surface area contributed by atoms with E-state index in [1.54, 1.807) is 13.1 Å². The molecule has 0 radical (unpaired) electrons. The van der Waals surface area contributed by atoms with Crippen molar-refractivity contribution in [3.05, 3.63) is 34.9 Å². The second-order valence-electron chi connectivity index (χ2n) is 4.12. The number of aryl methyl sites for hydroxylation is 1. The molecule has 0 aliphatic carbocycles. The topological polar surface area (TPSA) is 57.6 Å². The molecule has 4 heteroatoms. The highest BCUT2D eigenvalue weighted by atomic mass is 16.4. The van der Waals surface area contributed by atoms with E-state index in [-0.39, 0.29) is 18.9 Å². The summed E-state index contributed by atoms with van der Waals surface area (Å²) in [6.07, 6.45) is -0.0346. The molecule has 0 bridgehead atoms. The Labute approximate surface area is 101 Å². The monoisotopic (exact) mass is 235 g/mol. The molecule has 0 saturated heterocycles. The van der Waals surface area contributed by atoms with Gasteiger partial charge in [-0.15, -0.1) is 0 Å². The number of benzene rings is 1. The number of carboxylic acids is 1. The molecule has 0 saturated carbocycles. The summed E-state index contributed by atoms with van der Waals surface area (Å²) in [4.78, 5) is 23.9. The first-order valence-corrected chi connectivity index (χ1v) is 5.47. The highest BCUT2D eigenvalue weighted by Crippen LogP contribution is 2.14. The van der Waals surface area contributed by atoms with Gasteiger partial charge >= 0.3 is 5.97 Å². The predicted molar refractivity (Wildman–Crippen MR) is 65.1 cm³/mol. The third-order valence-corrected chi connectivity index (χ3v) is 2.84. The number of aliphatic carboxylic acids is 1. The zero-order valence-corrected chi connectivity index (χ0v) is 10.4. The molecule has 92 valence electrons. The standard InChI is InChI=1S/C13H17NO3/c1-9-5-4-6-11(10(9)2)13(17)14(3)8-7-12(15)16/h4-6H,7-8H2,1-3H3,(H,15,16). The van der Waals surface area contributed by atoms with Crippen molar-refractivity contribution in [3.8, 4) is 0 Å². The van der Waals surface area contributed by atoms with Crippen LogP contribution in [0.1, 0.15) is 27.9 Å². The molecule has 0 aliphatic rings. The first kappa shape index (κ1) is 13.2. The summed E-state index contributed by atoms with van der Waals surface area (Å²) in [6.45, 7) is 4.07. The van der Waals surface area contributed by atoms with Crippen LogP contribution in [0, 0.1) is 13.8 Å². The van der Waals surface area contributed by atoms with E-state index in [2.05, 4.69) is 0 Å². The summed E-state index contributed by atoms with van der Waals surface area (Å²) in [5, 5.41) is 8.58. The highest BCUT2D eigenvalue weighted by Gasteiger charge is 2.15. The number of carbonyl (C=O) groups excluding carboxylic acids is 1. The molecule has 1 aromatic rings. The second kappa shape index (κ2) is 5.48. The van der Waals surface area contributed by atoms with Gasteiger partial charge in [0.2, 0.25) is 0 Å². The van der Waals surface area contributed by atoms with E-state index in [1.165, 1.54) is 4.90 Å². The molecule has 0 unspecified atom stereocenters. The van der Waals surface area contributed by atoms with Crippen LogP contribution in [0.3, 0.4) is 0 Å². The lowest BCUT2D eigenvalue weighted by Gasteiger charge is -2.18. The van der Waals surface area contributed by atoms with Gasteiger partial charge in [-0.2, -0.15) is 0 Å². The van der Waals surface area contributed by atoms with Crippen LogP contribution in [0.4, 0.5) is 0 Å². The van der Waals surface area contributed by atoms with E-state index in [9.17, 15) is 9.59 Å². The Morgan fingerprint density at radius 3 is 2.53 bits per heavy atom. The maximum Gasteiger partial charge on any atom is 0.305 e. The van der Waals surface area contributed by atoms with E-state index in [4.69, 9.17) is 5.11 Å². The number of hydrogen-bond acceptors (Lipinski definition) is 2. The molecular formula is C13H17NO3. The quantitative estimate of drug-likeness (QED) is 0.866. The van der Waals surface area contributed by atoms with E-state index >= 15 is 0 Å². The van der Waals surface area contributed by atoms with Gasteiger partial charge in [-0.05, 0) is 31.0 Å². The van der Waals surface area contributed by atoms with Crippen molar-refractivity contribution in [1.82, 2.24) is 4.90 Å². The average Bonchev–Trinajstić information content (AvgIpc) is 2.28. The van der Waals surface area contributed by atoms with Crippen LogP contribution in [0.5, 0.6) is 0 Å². The van der Waals surface area contributed by atoms with Crippen molar-refractivity contribution in [2.75, 3.05) is 13.6 Å². The van der Waals surface area contributed by atoms with Crippen molar-refractivity contribution >= 4 is 11.9 Å². The molecule has 0 fully saturated rings. The van der Waals surface area contributed by atoms with E-state index in [0.29, 0.717) is 5.56 Å². The molecule has 0 aliphatic heterocycles. The van der Waals surface area contributed by atoms with Crippen LogP contribution >= 0.6 is 0 Å². The van der Waals surface area contributed by atoms with Gasteiger partial charge in [-0.1, -0.05) is 12.1 Å². The number of rotatable bonds is 4. The fourth-order valence-corrected chi connectivity index (χ4v) is 1.55. The Bertz CT molecular complexity index is 440. The zero-order chi connectivity index (χ0) is 13.0. The summed E-state index contributed by atoms with van der Waals surface area (Å²) in [7, 11) is 1.62. The molecule has 17 heavy (non-hydrogen) atoms. The van der Waals surface area contributed by atoms with Crippen molar-refractivity contribution in [2.24, 2.45) is 0 Å². The molecule has 1 aromatic carbocycles. The third kappa shape index (κ3) is 3.31. The Kier molecular flexibility index (Phi) is 4.26. The molecular weight excluding hydrogens is 218 g/mol. The summed E-state index contributed by atoms with van der Waals surface area (Å²) < 4.78 is 0. The normalized spacial score (nSPS) is 10.1. The van der Waals surface area contributed by atoms with E-state index in [0.717, 1.165) is 11.1 Å². The van der Waals surface area contributed by atoms with Gasteiger partial charge < -0.3 is 10.0 Å². The second-order valence-corrected chi connectivity index (χ2v) is 4.12. The van der Waals surface area contributed by atoms with Crippen molar-refractivity contribution in [1.29, 1.82) is 0 Å². The predicted octanol–water partition coefficient (Wildman–Crippen LogP) is 1.85. The fourth-order valence-electron chi connectivity index (χ4n) is 1.55. The Morgan fingerprint density at radius 1 is 1.29 bits per heavy atom. The van der Waals surface area contributed by atoms with Crippen molar-refractivity contribution in [3.63, 3.8) is 0 Å². The molecule has 0 heterocycles. The number of amides is 1. The van der Waals surface area contributed by atoms with Gasteiger partial charge in [0.05, 0.1) is 6.42 Å². The summed E-state index contributed by atoms with van der Waals surface area (Å²) >= 11 is 0. The van der Waals surface area contributed by atoms with Crippen molar-refractivity contribution in [2.45, 2.75) is 20.3 Å². The summed E-state index contributed by atoms with van der Waals surface area (Å²) in [5.74, 6) is -1.03. The van der Waals surface area contributed by atoms with Gasteiger partial charge in [0.25, 0.3) is 5.91 Å². The lowest BCUT2D eigenvalue weighted by atomic mass is 10.0. The van der Waals surface area contributed by atoms with Crippen LogP contribution in [-0.2, 0) is 4.79 Å². The van der Waals surface area contributed by atoms with Gasteiger partial charge in [0.1, 0.15) is 0 Å². The molecule has 0 aromatic heterocycles. The van der Waals surface area contributed by atoms with Crippen LogP contribution in [0.2, 0.25) is 0 Å². The first-order valence-electron chi connectivity index (χ1n) is 5.47. The Balaban J connectivity index is 2.82. The minimum Gasteiger partial charge on any atom is -0.481 e. The Hall–Kier alpha value is -1.84. The van der Waals surface area contributed by atoms with E-state index in [1.807, 2.05) is 26.0 Å². The number of nitrogens with zero attached hydrogens (tertiary/aromatic N) is 1. The Morgan fingerprint density at radius 2 is 1.94 bits per heavy atom. The average molecular weight is 235 g/mol. The number of carbonyl (C=O) groups is 2. The van der Waals surface area contributed by atoms with E-state index < -0.39 is 5.97 Å². The van der Waals surface area contributed by atoms with Gasteiger partial charge in [0, 0.05) is 19.2 Å². The van der Waals surface area contributed by atoms with Crippen LogP contribution in [0.25, 0.3) is 0 Å². The smallest absolute Gasteiger partial charge is 0.305 e. The molecule has 0 atom stereocenters. The molecule has 1 amide bonds.